The highest BCUT2D eigenvalue weighted by Gasteiger charge is 2.24. The Balaban J connectivity index is 1.80. The molecule has 2 heterocycles. The third-order valence-electron chi connectivity index (χ3n) is 3.18. The van der Waals surface area contributed by atoms with Gasteiger partial charge < -0.3 is 14.2 Å². The number of aryl methyl sites for hydroxylation is 1. The number of anilines is 1. The van der Waals surface area contributed by atoms with Crippen molar-refractivity contribution < 1.29 is 9.53 Å². The molecule has 98 valence electrons. The molecule has 6 nitrogen and oxygen atoms in total. The van der Waals surface area contributed by atoms with E-state index in [9.17, 15) is 4.79 Å². The van der Waals surface area contributed by atoms with Crippen LogP contribution in [-0.2, 0) is 11.3 Å². The second-order valence-electron chi connectivity index (χ2n) is 4.37. The van der Waals surface area contributed by atoms with E-state index in [2.05, 4.69) is 10.2 Å². The van der Waals surface area contributed by atoms with Gasteiger partial charge in [-0.1, -0.05) is 12.1 Å². The third kappa shape index (κ3) is 2.16. The van der Waals surface area contributed by atoms with E-state index in [0.29, 0.717) is 13.1 Å². The number of aromatic nitrogens is 3. The molecule has 0 saturated heterocycles. The van der Waals surface area contributed by atoms with Gasteiger partial charge in [-0.3, -0.25) is 4.79 Å². The molecule has 3 rings (SSSR count). The molecule has 0 N–H and O–H groups in total. The van der Waals surface area contributed by atoms with Crippen LogP contribution in [0.3, 0.4) is 0 Å². The lowest BCUT2D eigenvalue weighted by atomic mass is 10.2. The second-order valence-corrected chi connectivity index (χ2v) is 4.37. The molecular weight excluding hydrogens is 244 g/mol. The summed E-state index contributed by atoms with van der Waals surface area (Å²) in [6, 6.07) is 7.57. The highest BCUT2D eigenvalue weighted by Crippen LogP contribution is 2.31. The number of carbonyl (C=O) groups is 1. The third-order valence-corrected chi connectivity index (χ3v) is 3.18. The first kappa shape index (κ1) is 11.7. The van der Waals surface area contributed by atoms with Gasteiger partial charge in [0.15, 0.2) is 6.61 Å². The fourth-order valence-corrected chi connectivity index (χ4v) is 2.14. The van der Waals surface area contributed by atoms with Crippen LogP contribution in [0.15, 0.2) is 30.6 Å². The van der Waals surface area contributed by atoms with Crippen molar-refractivity contribution in [3.63, 3.8) is 0 Å². The molecule has 0 spiro atoms. The zero-order valence-electron chi connectivity index (χ0n) is 10.6. The van der Waals surface area contributed by atoms with Crippen molar-refractivity contribution in [2.75, 3.05) is 18.1 Å². The Kier molecular flexibility index (Phi) is 2.91. The molecule has 0 bridgehead atoms. The van der Waals surface area contributed by atoms with Crippen LogP contribution in [0.2, 0.25) is 0 Å². The minimum absolute atomic E-state index is 0.0237. The van der Waals surface area contributed by atoms with Crippen LogP contribution in [0.25, 0.3) is 0 Å². The van der Waals surface area contributed by atoms with E-state index in [4.69, 9.17) is 4.74 Å². The summed E-state index contributed by atoms with van der Waals surface area (Å²) >= 11 is 0. The van der Waals surface area contributed by atoms with E-state index in [1.54, 1.807) is 11.2 Å². The number of benzene rings is 1. The van der Waals surface area contributed by atoms with E-state index in [-0.39, 0.29) is 12.5 Å². The lowest BCUT2D eigenvalue weighted by Crippen LogP contribution is -2.40. The van der Waals surface area contributed by atoms with Gasteiger partial charge in [0.1, 0.15) is 17.9 Å². The number of fused-ring (bicyclic) bond motifs is 1. The van der Waals surface area contributed by atoms with Gasteiger partial charge in [0.25, 0.3) is 5.91 Å². The lowest BCUT2D eigenvalue weighted by molar-refractivity contribution is -0.121. The maximum absolute atomic E-state index is 12.0. The lowest BCUT2D eigenvalue weighted by Gasteiger charge is -2.29. The smallest absolute Gasteiger partial charge is 0.265 e. The quantitative estimate of drug-likeness (QED) is 0.824. The minimum atomic E-state index is -0.0237. The zero-order chi connectivity index (χ0) is 13.2. The SMILES string of the molecule is Cc1nncn1CCN1C(=O)COc2ccccc21. The Morgan fingerprint density at radius 1 is 1.32 bits per heavy atom. The number of carbonyl (C=O) groups excluding carboxylic acids is 1. The van der Waals surface area contributed by atoms with Crippen LogP contribution in [0.4, 0.5) is 5.69 Å². The van der Waals surface area contributed by atoms with Gasteiger partial charge in [-0.05, 0) is 19.1 Å². The van der Waals surface area contributed by atoms with Crippen LogP contribution >= 0.6 is 0 Å². The molecular formula is C13H14N4O2. The van der Waals surface area contributed by atoms with Gasteiger partial charge in [-0.25, -0.2) is 0 Å². The fourth-order valence-electron chi connectivity index (χ4n) is 2.14. The van der Waals surface area contributed by atoms with Crippen molar-refractivity contribution in [3.05, 3.63) is 36.4 Å². The molecule has 1 aliphatic rings. The number of nitrogens with zero attached hydrogens (tertiary/aromatic N) is 4. The summed E-state index contributed by atoms with van der Waals surface area (Å²) in [5.74, 6) is 1.57. The van der Waals surface area contributed by atoms with Crippen molar-refractivity contribution in [1.29, 1.82) is 0 Å². The average Bonchev–Trinajstić information content (AvgIpc) is 2.83. The van der Waals surface area contributed by atoms with Gasteiger partial charge >= 0.3 is 0 Å². The van der Waals surface area contributed by atoms with Crippen LogP contribution in [0.1, 0.15) is 5.82 Å². The number of hydrogen-bond acceptors (Lipinski definition) is 4. The van der Waals surface area contributed by atoms with Crippen LogP contribution in [0.5, 0.6) is 5.75 Å². The Labute approximate surface area is 110 Å². The van der Waals surface area contributed by atoms with Gasteiger partial charge in [-0.15, -0.1) is 10.2 Å². The summed E-state index contributed by atoms with van der Waals surface area (Å²) < 4.78 is 7.33. The summed E-state index contributed by atoms with van der Waals surface area (Å²) in [4.78, 5) is 13.7. The molecule has 19 heavy (non-hydrogen) atoms. The topological polar surface area (TPSA) is 60.2 Å². The molecule has 1 aromatic heterocycles. The molecule has 0 radical (unpaired) electrons. The monoisotopic (exact) mass is 258 g/mol. The Hall–Kier alpha value is -2.37. The van der Waals surface area contributed by atoms with E-state index >= 15 is 0 Å². The standard InChI is InChI=1S/C13H14N4O2/c1-10-15-14-9-16(10)6-7-17-11-4-2-3-5-12(11)19-8-13(17)18/h2-5,9H,6-8H2,1H3. The molecule has 0 fully saturated rings. The number of rotatable bonds is 3. The highest BCUT2D eigenvalue weighted by atomic mass is 16.5. The number of amides is 1. The average molecular weight is 258 g/mol. The molecule has 1 amide bonds. The van der Waals surface area contributed by atoms with Crippen LogP contribution in [-0.4, -0.2) is 33.8 Å². The summed E-state index contributed by atoms with van der Waals surface area (Å²) in [6.07, 6.45) is 1.67. The van der Waals surface area contributed by atoms with E-state index in [1.165, 1.54) is 0 Å². The molecule has 6 heteroatoms. The van der Waals surface area contributed by atoms with Crippen molar-refractivity contribution in [1.82, 2.24) is 14.8 Å². The molecule has 2 aromatic rings. The summed E-state index contributed by atoms with van der Waals surface area (Å²) in [6.45, 7) is 3.23. The van der Waals surface area contributed by atoms with Gasteiger partial charge in [0, 0.05) is 13.1 Å². The van der Waals surface area contributed by atoms with Gasteiger partial charge in [-0.2, -0.15) is 0 Å². The zero-order valence-corrected chi connectivity index (χ0v) is 10.6. The number of para-hydroxylation sites is 2. The van der Waals surface area contributed by atoms with Crippen molar-refractivity contribution in [3.8, 4) is 5.75 Å². The summed E-state index contributed by atoms with van der Waals surface area (Å²) in [5.41, 5.74) is 0.824. The van der Waals surface area contributed by atoms with Crippen LogP contribution in [0, 0.1) is 6.92 Å². The Morgan fingerprint density at radius 2 is 2.16 bits per heavy atom. The first-order valence-electron chi connectivity index (χ1n) is 6.12. The molecule has 0 aliphatic carbocycles. The fraction of sp³-hybridized carbons (Fsp3) is 0.308. The second kappa shape index (κ2) is 4.72. The summed E-state index contributed by atoms with van der Waals surface area (Å²) in [7, 11) is 0. The Morgan fingerprint density at radius 3 is 2.95 bits per heavy atom. The largest absolute Gasteiger partial charge is 0.482 e. The maximum atomic E-state index is 12.0. The molecule has 1 aromatic carbocycles. The van der Waals surface area contributed by atoms with Crippen molar-refractivity contribution in [2.24, 2.45) is 0 Å². The Bertz CT molecular complexity index is 608. The number of ether oxygens (including phenoxy) is 1. The minimum Gasteiger partial charge on any atom is -0.482 e. The van der Waals surface area contributed by atoms with E-state index < -0.39 is 0 Å². The van der Waals surface area contributed by atoms with E-state index in [0.717, 1.165) is 17.3 Å². The van der Waals surface area contributed by atoms with Gasteiger partial charge in [0.05, 0.1) is 5.69 Å². The molecule has 0 unspecified atom stereocenters. The predicted octanol–water partition coefficient (Wildman–Crippen LogP) is 1.01. The number of hydrogen-bond donors (Lipinski definition) is 0. The first-order valence-corrected chi connectivity index (χ1v) is 6.12. The molecule has 1 aliphatic heterocycles. The van der Waals surface area contributed by atoms with Crippen molar-refractivity contribution in [2.45, 2.75) is 13.5 Å². The van der Waals surface area contributed by atoms with E-state index in [1.807, 2.05) is 35.8 Å². The normalized spacial score (nSPS) is 14.2. The molecule has 0 saturated carbocycles. The van der Waals surface area contributed by atoms with Crippen molar-refractivity contribution >= 4 is 11.6 Å². The van der Waals surface area contributed by atoms with Gasteiger partial charge in [0.2, 0.25) is 0 Å². The highest BCUT2D eigenvalue weighted by molar-refractivity contribution is 5.97. The molecule has 0 atom stereocenters. The predicted molar refractivity (Wildman–Crippen MR) is 69.0 cm³/mol. The summed E-state index contributed by atoms with van der Waals surface area (Å²) in [5, 5.41) is 7.76. The first-order chi connectivity index (χ1) is 9.25. The van der Waals surface area contributed by atoms with Crippen LogP contribution < -0.4 is 9.64 Å². The maximum Gasteiger partial charge on any atom is 0.265 e.